The van der Waals surface area contributed by atoms with Crippen LogP contribution in [0.25, 0.3) is 5.69 Å². The molecule has 0 saturated carbocycles. The molecule has 0 fully saturated rings. The smallest absolute Gasteiger partial charge is 0.335 e. The first-order valence-electron chi connectivity index (χ1n) is 11.8. The van der Waals surface area contributed by atoms with Gasteiger partial charge in [0.15, 0.2) is 16.7 Å². The highest BCUT2D eigenvalue weighted by Crippen LogP contribution is 2.44. The number of ether oxygens (including phenoxy) is 2. The molecule has 5 rings (SSSR count). The van der Waals surface area contributed by atoms with E-state index < -0.39 is 29.0 Å². The van der Waals surface area contributed by atoms with Crippen molar-refractivity contribution in [1.29, 1.82) is 0 Å². The quantitative estimate of drug-likeness (QED) is 0.284. The summed E-state index contributed by atoms with van der Waals surface area (Å²) in [5.41, 5.74) is 2.65. The lowest BCUT2D eigenvalue weighted by Crippen LogP contribution is -2.15. The third kappa shape index (κ3) is 4.71. The Morgan fingerprint density at radius 1 is 1.00 bits per heavy atom. The van der Waals surface area contributed by atoms with Gasteiger partial charge in [0.25, 0.3) is 0 Å². The molecule has 3 aromatic carbocycles. The van der Waals surface area contributed by atoms with Crippen LogP contribution in [-0.4, -0.2) is 34.8 Å². The van der Waals surface area contributed by atoms with Crippen LogP contribution in [0.3, 0.4) is 0 Å². The Morgan fingerprint density at radius 2 is 1.68 bits per heavy atom. The second kappa shape index (κ2) is 10.4. The van der Waals surface area contributed by atoms with Gasteiger partial charge < -0.3 is 14.6 Å². The fourth-order valence-electron chi connectivity index (χ4n) is 4.78. The van der Waals surface area contributed by atoms with Crippen LogP contribution in [0, 0.1) is 17.5 Å². The number of aryl methyl sites for hydroxylation is 1. The molecule has 1 N–H and O–H groups in total. The second-order valence-corrected chi connectivity index (χ2v) is 9.75. The Morgan fingerprint density at radius 3 is 2.32 bits per heavy atom. The molecular formula is C28H23F3N2O4S. The number of carboxylic acids is 1. The van der Waals surface area contributed by atoms with Crippen molar-refractivity contribution in [1.82, 2.24) is 9.55 Å². The first-order valence-corrected chi connectivity index (χ1v) is 12.6. The molecule has 196 valence electrons. The van der Waals surface area contributed by atoms with E-state index in [0.29, 0.717) is 23.6 Å². The Hall–Kier alpha value is -3.92. The number of hydrogen-bond donors (Lipinski definition) is 1. The van der Waals surface area contributed by atoms with E-state index in [1.54, 1.807) is 30.9 Å². The summed E-state index contributed by atoms with van der Waals surface area (Å²) in [7, 11) is 3.12. The van der Waals surface area contributed by atoms with Crippen LogP contribution >= 0.6 is 11.8 Å². The van der Waals surface area contributed by atoms with Crippen LogP contribution in [0.4, 0.5) is 13.2 Å². The maximum Gasteiger partial charge on any atom is 0.335 e. The van der Waals surface area contributed by atoms with Crippen LogP contribution < -0.4 is 9.47 Å². The molecule has 0 aliphatic heterocycles. The highest BCUT2D eigenvalue weighted by molar-refractivity contribution is 7.99. The molecule has 6 nitrogen and oxygen atoms in total. The van der Waals surface area contributed by atoms with E-state index >= 15 is 0 Å². The lowest BCUT2D eigenvalue weighted by Gasteiger charge is -2.26. The Labute approximate surface area is 221 Å². The Bertz CT molecular complexity index is 1500. The maximum absolute atomic E-state index is 14.9. The van der Waals surface area contributed by atoms with Crippen molar-refractivity contribution in [2.24, 2.45) is 0 Å². The SMILES string of the molecule is COc1ccc(C2CCCc3nc(Sc4c(F)cc(C(=O)O)cc4F)n(-c4ccc(F)cc4)c32)cc1OC. The average molecular weight is 541 g/mol. The van der Waals surface area contributed by atoms with Crippen LogP contribution in [0.15, 0.2) is 64.6 Å². The largest absolute Gasteiger partial charge is 0.493 e. The van der Waals surface area contributed by atoms with Gasteiger partial charge in [0.1, 0.15) is 17.5 Å². The molecule has 38 heavy (non-hydrogen) atoms. The van der Waals surface area contributed by atoms with E-state index in [2.05, 4.69) is 0 Å². The number of rotatable bonds is 7. The summed E-state index contributed by atoms with van der Waals surface area (Å²) in [6.45, 7) is 0. The number of aromatic carboxylic acids is 1. The summed E-state index contributed by atoms with van der Waals surface area (Å²) in [6.07, 6.45) is 2.28. The highest BCUT2D eigenvalue weighted by Gasteiger charge is 2.31. The number of carbonyl (C=O) groups is 1. The van der Waals surface area contributed by atoms with Gasteiger partial charge in [0.05, 0.1) is 36.1 Å². The van der Waals surface area contributed by atoms with Gasteiger partial charge in [0, 0.05) is 11.6 Å². The number of methoxy groups -OCH3 is 2. The van der Waals surface area contributed by atoms with E-state index in [1.807, 2.05) is 18.2 Å². The predicted octanol–water partition coefficient (Wildman–Crippen LogP) is 6.62. The van der Waals surface area contributed by atoms with Crippen LogP contribution in [-0.2, 0) is 6.42 Å². The van der Waals surface area contributed by atoms with Crippen molar-refractivity contribution in [2.45, 2.75) is 35.2 Å². The van der Waals surface area contributed by atoms with E-state index in [0.717, 1.165) is 53.7 Å². The van der Waals surface area contributed by atoms with Gasteiger partial charge in [-0.15, -0.1) is 0 Å². The summed E-state index contributed by atoms with van der Waals surface area (Å²) < 4.78 is 56.3. The third-order valence-corrected chi connectivity index (χ3v) is 7.58. The van der Waals surface area contributed by atoms with Crippen molar-refractivity contribution in [3.8, 4) is 17.2 Å². The minimum atomic E-state index is -1.43. The topological polar surface area (TPSA) is 73.6 Å². The summed E-state index contributed by atoms with van der Waals surface area (Å²) in [5, 5.41) is 9.43. The molecule has 0 saturated heterocycles. The van der Waals surface area contributed by atoms with Crippen LogP contribution in [0.1, 0.15) is 46.1 Å². The maximum atomic E-state index is 14.9. The van der Waals surface area contributed by atoms with Gasteiger partial charge in [-0.05, 0) is 85.1 Å². The van der Waals surface area contributed by atoms with Crippen LogP contribution in [0.5, 0.6) is 11.5 Å². The van der Waals surface area contributed by atoms with Gasteiger partial charge in [-0.1, -0.05) is 6.07 Å². The van der Waals surface area contributed by atoms with Gasteiger partial charge in [-0.2, -0.15) is 0 Å². The molecular weight excluding hydrogens is 517 g/mol. The fourth-order valence-corrected chi connectivity index (χ4v) is 5.73. The minimum Gasteiger partial charge on any atom is -0.493 e. The lowest BCUT2D eigenvalue weighted by atomic mass is 9.84. The van der Waals surface area contributed by atoms with Crippen molar-refractivity contribution in [2.75, 3.05) is 14.2 Å². The minimum absolute atomic E-state index is 0.130. The molecule has 0 amide bonds. The zero-order chi connectivity index (χ0) is 27.0. The Balaban J connectivity index is 1.67. The number of nitrogens with zero attached hydrogens (tertiary/aromatic N) is 2. The molecule has 0 spiro atoms. The van der Waals surface area contributed by atoms with Gasteiger partial charge in [0.2, 0.25) is 0 Å². The monoisotopic (exact) mass is 540 g/mol. The normalized spacial score (nSPS) is 14.7. The van der Waals surface area contributed by atoms with Crippen molar-refractivity contribution in [3.05, 3.63) is 94.6 Å². The summed E-state index contributed by atoms with van der Waals surface area (Å²) in [4.78, 5) is 15.6. The van der Waals surface area contributed by atoms with E-state index in [-0.39, 0.29) is 16.0 Å². The molecule has 1 aliphatic carbocycles. The number of fused-ring (bicyclic) bond motifs is 1. The highest BCUT2D eigenvalue weighted by atomic mass is 32.2. The van der Waals surface area contributed by atoms with E-state index in [4.69, 9.17) is 19.6 Å². The fraction of sp³-hybridized carbons (Fsp3) is 0.214. The Kier molecular flexibility index (Phi) is 7.07. The third-order valence-electron chi connectivity index (χ3n) is 6.53. The molecule has 0 bridgehead atoms. The predicted molar refractivity (Wildman–Crippen MR) is 135 cm³/mol. The molecule has 1 heterocycles. The molecule has 4 aromatic rings. The van der Waals surface area contributed by atoms with Crippen molar-refractivity contribution < 1.29 is 32.5 Å². The molecule has 0 radical (unpaired) electrons. The van der Waals surface area contributed by atoms with Crippen LogP contribution in [0.2, 0.25) is 0 Å². The van der Waals surface area contributed by atoms with E-state index in [1.165, 1.54) is 12.1 Å². The number of halogens is 3. The molecule has 1 aromatic heterocycles. The number of carboxylic acid groups (broad SMARTS) is 1. The second-order valence-electron chi connectivity index (χ2n) is 8.77. The summed E-state index contributed by atoms with van der Waals surface area (Å²) >= 11 is 0.762. The number of benzene rings is 3. The molecule has 1 atom stereocenters. The van der Waals surface area contributed by atoms with Gasteiger partial charge >= 0.3 is 5.97 Å². The molecule has 1 unspecified atom stereocenters. The summed E-state index contributed by atoms with van der Waals surface area (Å²) in [5.74, 6) is -2.83. The zero-order valence-corrected chi connectivity index (χ0v) is 21.3. The van der Waals surface area contributed by atoms with Crippen molar-refractivity contribution >= 4 is 17.7 Å². The first kappa shape index (κ1) is 25.7. The van der Waals surface area contributed by atoms with Gasteiger partial charge in [-0.25, -0.2) is 22.9 Å². The first-order chi connectivity index (χ1) is 18.3. The number of aromatic nitrogens is 2. The number of imidazole rings is 1. The number of hydrogen-bond acceptors (Lipinski definition) is 5. The standard InChI is InChI=1S/C28H23F3N2O4S/c1-36-23-11-6-15(14-24(23)37-2)19-4-3-5-22-25(19)33(18-9-7-17(29)8-10-18)28(32-22)38-26-20(30)12-16(27(34)35)13-21(26)31/h6-14,19H,3-5H2,1-2H3,(H,34,35). The van der Waals surface area contributed by atoms with Gasteiger partial charge in [-0.3, -0.25) is 4.57 Å². The average Bonchev–Trinajstić information content (AvgIpc) is 3.28. The molecule has 1 aliphatic rings. The summed E-state index contributed by atoms with van der Waals surface area (Å²) in [6, 6.07) is 13.0. The van der Waals surface area contributed by atoms with E-state index in [9.17, 15) is 18.0 Å². The van der Waals surface area contributed by atoms with Crippen molar-refractivity contribution in [3.63, 3.8) is 0 Å². The molecule has 10 heteroatoms. The lowest BCUT2D eigenvalue weighted by molar-refractivity contribution is 0.0695. The zero-order valence-electron chi connectivity index (χ0n) is 20.5.